The van der Waals surface area contributed by atoms with Crippen LogP contribution in [0.15, 0.2) is 0 Å². The lowest BCUT2D eigenvalue weighted by Gasteiger charge is -2.21. The molecule has 0 aliphatic rings. The number of carbonyl (C=O) groups is 2. The van der Waals surface area contributed by atoms with Crippen molar-refractivity contribution in [3.63, 3.8) is 0 Å². The molecule has 0 aromatic rings. The Kier molecular flexibility index (Phi) is 6.91. The minimum atomic E-state index is -1.83. The van der Waals surface area contributed by atoms with Crippen molar-refractivity contribution in [2.24, 2.45) is 11.8 Å². The average molecular weight is 260 g/mol. The molecule has 0 aromatic heterocycles. The first-order valence-corrected chi connectivity index (χ1v) is 6.20. The van der Waals surface area contributed by atoms with Gasteiger partial charge in [0, 0.05) is 0 Å². The van der Waals surface area contributed by atoms with Gasteiger partial charge in [-0.3, -0.25) is 4.79 Å². The van der Waals surface area contributed by atoms with Gasteiger partial charge in [0.1, 0.15) is 0 Å². The smallest absolute Gasteiger partial charge is 0.338 e. The van der Waals surface area contributed by atoms with Gasteiger partial charge >= 0.3 is 11.9 Å². The van der Waals surface area contributed by atoms with Crippen LogP contribution in [-0.2, 0) is 19.1 Å². The highest BCUT2D eigenvalue weighted by atomic mass is 16.6. The van der Waals surface area contributed by atoms with Gasteiger partial charge in [-0.2, -0.15) is 0 Å². The van der Waals surface area contributed by atoms with Gasteiger partial charge in [-0.05, 0) is 18.8 Å². The standard InChI is InChI=1S/C13H24O5/c1-9(2)7-17-11(14)6-13(5,16)12(15)18-8-10(3)4/h9-10,16H,6-8H2,1-5H3. The minimum absolute atomic E-state index is 0.178. The maximum absolute atomic E-state index is 11.6. The molecule has 0 aliphatic carbocycles. The van der Waals surface area contributed by atoms with Crippen LogP contribution in [0.2, 0.25) is 0 Å². The fraction of sp³-hybridized carbons (Fsp3) is 0.846. The lowest BCUT2D eigenvalue weighted by molar-refractivity contribution is -0.171. The molecule has 0 rings (SSSR count). The summed E-state index contributed by atoms with van der Waals surface area (Å²) in [4.78, 5) is 23.0. The second-order valence-electron chi connectivity index (χ2n) is 5.52. The summed E-state index contributed by atoms with van der Waals surface area (Å²) in [7, 11) is 0. The van der Waals surface area contributed by atoms with E-state index >= 15 is 0 Å². The van der Waals surface area contributed by atoms with Crippen LogP contribution in [0.3, 0.4) is 0 Å². The number of carbonyl (C=O) groups excluding carboxylic acids is 2. The molecule has 0 saturated heterocycles. The Morgan fingerprint density at radius 2 is 1.50 bits per heavy atom. The van der Waals surface area contributed by atoms with Crippen molar-refractivity contribution in [2.75, 3.05) is 13.2 Å². The molecule has 1 atom stereocenters. The average Bonchev–Trinajstić information content (AvgIpc) is 2.22. The van der Waals surface area contributed by atoms with E-state index in [-0.39, 0.29) is 25.0 Å². The van der Waals surface area contributed by atoms with Crippen LogP contribution < -0.4 is 0 Å². The Balaban J connectivity index is 4.19. The highest BCUT2D eigenvalue weighted by Crippen LogP contribution is 2.14. The molecule has 1 N–H and O–H groups in total. The largest absolute Gasteiger partial charge is 0.465 e. The number of aliphatic hydroxyl groups is 1. The second-order valence-corrected chi connectivity index (χ2v) is 5.52. The zero-order valence-electron chi connectivity index (χ0n) is 11.9. The van der Waals surface area contributed by atoms with Crippen LogP contribution in [0.4, 0.5) is 0 Å². The van der Waals surface area contributed by atoms with E-state index < -0.39 is 24.0 Å². The Hall–Kier alpha value is -1.10. The van der Waals surface area contributed by atoms with Crippen molar-refractivity contribution in [1.29, 1.82) is 0 Å². The molecule has 0 bridgehead atoms. The molecule has 0 aromatic carbocycles. The summed E-state index contributed by atoms with van der Waals surface area (Å²) in [6.45, 7) is 9.33. The Morgan fingerprint density at radius 1 is 1.06 bits per heavy atom. The zero-order chi connectivity index (χ0) is 14.3. The molecule has 0 fully saturated rings. The van der Waals surface area contributed by atoms with Gasteiger partial charge in [0.05, 0.1) is 19.6 Å². The Morgan fingerprint density at radius 3 is 1.94 bits per heavy atom. The summed E-state index contributed by atoms with van der Waals surface area (Å²) >= 11 is 0. The predicted octanol–water partition coefficient (Wildman–Crippen LogP) is 1.53. The third-order valence-electron chi connectivity index (χ3n) is 2.05. The molecular weight excluding hydrogens is 236 g/mol. The molecule has 18 heavy (non-hydrogen) atoms. The van der Waals surface area contributed by atoms with Crippen molar-refractivity contribution in [3.8, 4) is 0 Å². The molecule has 0 spiro atoms. The number of hydrogen-bond acceptors (Lipinski definition) is 5. The van der Waals surface area contributed by atoms with Crippen LogP contribution >= 0.6 is 0 Å². The van der Waals surface area contributed by atoms with Crippen LogP contribution in [0.5, 0.6) is 0 Å². The van der Waals surface area contributed by atoms with E-state index in [1.807, 2.05) is 27.7 Å². The summed E-state index contributed by atoms with van der Waals surface area (Å²) in [5.41, 5.74) is -1.83. The van der Waals surface area contributed by atoms with Crippen molar-refractivity contribution in [3.05, 3.63) is 0 Å². The molecule has 0 aliphatic heterocycles. The maximum Gasteiger partial charge on any atom is 0.338 e. The summed E-state index contributed by atoms with van der Waals surface area (Å²) in [5, 5.41) is 9.86. The van der Waals surface area contributed by atoms with E-state index in [4.69, 9.17) is 9.47 Å². The van der Waals surface area contributed by atoms with Crippen LogP contribution in [0, 0.1) is 11.8 Å². The van der Waals surface area contributed by atoms with Gasteiger partial charge in [0.15, 0.2) is 5.60 Å². The molecule has 0 heterocycles. The molecule has 0 saturated carbocycles. The van der Waals surface area contributed by atoms with Crippen LogP contribution in [-0.4, -0.2) is 35.9 Å². The van der Waals surface area contributed by atoms with E-state index in [1.165, 1.54) is 6.92 Å². The second kappa shape index (κ2) is 7.36. The molecule has 0 radical (unpaired) electrons. The topological polar surface area (TPSA) is 72.8 Å². The fourth-order valence-corrected chi connectivity index (χ4v) is 1.06. The van der Waals surface area contributed by atoms with Gasteiger partial charge in [-0.1, -0.05) is 27.7 Å². The van der Waals surface area contributed by atoms with Gasteiger partial charge in [0.25, 0.3) is 0 Å². The Labute approximate surface area is 108 Å². The SMILES string of the molecule is CC(C)COC(=O)CC(C)(O)C(=O)OCC(C)C. The third-order valence-corrected chi connectivity index (χ3v) is 2.05. The van der Waals surface area contributed by atoms with Gasteiger partial charge in [0.2, 0.25) is 0 Å². The number of hydrogen-bond donors (Lipinski definition) is 1. The number of esters is 2. The lowest BCUT2D eigenvalue weighted by atomic mass is 10.0. The molecule has 1 unspecified atom stereocenters. The molecular formula is C13H24O5. The van der Waals surface area contributed by atoms with E-state index in [0.717, 1.165) is 0 Å². The van der Waals surface area contributed by atoms with Crippen molar-refractivity contribution >= 4 is 11.9 Å². The van der Waals surface area contributed by atoms with E-state index in [2.05, 4.69) is 0 Å². The van der Waals surface area contributed by atoms with E-state index in [1.54, 1.807) is 0 Å². The first kappa shape index (κ1) is 16.9. The predicted molar refractivity (Wildman–Crippen MR) is 66.8 cm³/mol. The summed E-state index contributed by atoms with van der Waals surface area (Å²) in [6.07, 6.45) is -0.392. The van der Waals surface area contributed by atoms with Crippen molar-refractivity contribution in [1.82, 2.24) is 0 Å². The van der Waals surface area contributed by atoms with E-state index in [0.29, 0.717) is 0 Å². The van der Waals surface area contributed by atoms with Gasteiger partial charge in [-0.15, -0.1) is 0 Å². The number of ether oxygens (including phenoxy) is 2. The van der Waals surface area contributed by atoms with Crippen molar-refractivity contribution in [2.45, 2.75) is 46.6 Å². The van der Waals surface area contributed by atoms with E-state index in [9.17, 15) is 14.7 Å². The van der Waals surface area contributed by atoms with Crippen LogP contribution in [0.1, 0.15) is 41.0 Å². The lowest BCUT2D eigenvalue weighted by Crippen LogP contribution is -2.40. The van der Waals surface area contributed by atoms with Gasteiger partial charge in [-0.25, -0.2) is 4.79 Å². The normalized spacial score (nSPS) is 14.4. The number of rotatable bonds is 7. The first-order chi connectivity index (χ1) is 8.15. The fourth-order valence-electron chi connectivity index (χ4n) is 1.06. The summed E-state index contributed by atoms with van der Waals surface area (Å²) in [5.74, 6) is -1.00. The molecule has 0 amide bonds. The van der Waals surface area contributed by atoms with Crippen molar-refractivity contribution < 1.29 is 24.2 Å². The monoisotopic (exact) mass is 260 g/mol. The maximum atomic E-state index is 11.6. The summed E-state index contributed by atoms with van der Waals surface area (Å²) in [6, 6.07) is 0. The molecule has 5 nitrogen and oxygen atoms in total. The quantitative estimate of drug-likeness (QED) is 0.703. The summed E-state index contributed by atoms with van der Waals surface area (Å²) < 4.78 is 9.81. The Bertz CT molecular complexity index is 281. The highest BCUT2D eigenvalue weighted by molar-refractivity contribution is 5.85. The van der Waals surface area contributed by atoms with Gasteiger partial charge < -0.3 is 14.6 Å². The highest BCUT2D eigenvalue weighted by Gasteiger charge is 2.35. The third kappa shape index (κ3) is 7.27. The molecule has 5 heteroatoms. The molecule has 106 valence electrons. The first-order valence-electron chi connectivity index (χ1n) is 6.20. The minimum Gasteiger partial charge on any atom is -0.465 e. The van der Waals surface area contributed by atoms with Crippen LogP contribution in [0.25, 0.3) is 0 Å². The zero-order valence-corrected chi connectivity index (χ0v) is 11.9.